The van der Waals surface area contributed by atoms with E-state index in [0.29, 0.717) is 23.3 Å². The average molecular weight is 268 g/mol. The first kappa shape index (κ1) is 12.7. The van der Waals surface area contributed by atoms with E-state index in [9.17, 15) is 0 Å². The summed E-state index contributed by atoms with van der Waals surface area (Å²) in [5.41, 5.74) is 1.04. The van der Waals surface area contributed by atoms with Gasteiger partial charge in [-0.1, -0.05) is 6.07 Å². The average Bonchev–Trinajstić information content (AvgIpc) is 2.70. The van der Waals surface area contributed by atoms with Crippen molar-refractivity contribution in [3.05, 3.63) is 34.9 Å². The largest absolute Gasteiger partial charge is 0.493 e. The zero-order valence-corrected chi connectivity index (χ0v) is 11.2. The number of ether oxygens (including phenoxy) is 2. The number of methoxy groups -OCH3 is 2. The summed E-state index contributed by atoms with van der Waals surface area (Å²) in [6.07, 6.45) is 0. The summed E-state index contributed by atoms with van der Waals surface area (Å²) in [5.74, 6) is 2.17. The van der Waals surface area contributed by atoms with Crippen LogP contribution in [0.4, 0.5) is 0 Å². The van der Waals surface area contributed by atoms with Gasteiger partial charge in [-0.05, 0) is 36.2 Å². The molecule has 0 bridgehead atoms. The van der Waals surface area contributed by atoms with Crippen molar-refractivity contribution in [2.24, 2.45) is 0 Å². The van der Waals surface area contributed by atoms with Crippen LogP contribution < -0.4 is 9.47 Å². The molecule has 0 aliphatic rings. The van der Waals surface area contributed by atoms with Crippen LogP contribution in [0.1, 0.15) is 11.4 Å². The molecule has 1 aromatic heterocycles. The minimum Gasteiger partial charge on any atom is -0.493 e. The summed E-state index contributed by atoms with van der Waals surface area (Å²) in [5, 5.41) is 8.10. The maximum absolute atomic E-state index is 5.96. The lowest BCUT2D eigenvalue weighted by atomic mass is 10.2. The van der Waals surface area contributed by atoms with Gasteiger partial charge in [-0.3, -0.25) is 4.57 Å². The zero-order chi connectivity index (χ0) is 13.1. The molecule has 5 nitrogen and oxygen atoms in total. The van der Waals surface area contributed by atoms with Gasteiger partial charge in [-0.25, -0.2) is 0 Å². The lowest BCUT2D eigenvalue weighted by Gasteiger charge is -2.10. The molecule has 0 amide bonds. The topological polar surface area (TPSA) is 49.2 Å². The van der Waals surface area contributed by atoms with Gasteiger partial charge in [-0.15, -0.1) is 10.2 Å². The number of aryl methyl sites for hydroxylation is 1. The Bertz CT molecular complexity index is 535. The summed E-state index contributed by atoms with van der Waals surface area (Å²) in [4.78, 5) is 0. The van der Waals surface area contributed by atoms with Crippen molar-refractivity contribution >= 4 is 11.6 Å². The predicted molar refractivity (Wildman–Crippen MR) is 68.4 cm³/mol. The van der Waals surface area contributed by atoms with Gasteiger partial charge in [0.05, 0.1) is 20.8 Å². The van der Waals surface area contributed by atoms with E-state index in [1.165, 1.54) is 0 Å². The molecule has 1 aromatic carbocycles. The van der Waals surface area contributed by atoms with Crippen molar-refractivity contribution in [3.63, 3.8) is 0 Å². The van der Waals surface area contributed by atoms with Gasteiger partial charge in [0.25, 0.3) is 0 Å². The first-order valence-electron chi connectivity index (χ1n) is 5.42. The van der Waals surface area contributed by atoms with E-state index in [0.717, 1.165) is 11.4 Å². The minimum atomic E-state index is 0.377. The van der Waals surface area contributed by atoms with Crippen LogP contribution in [-0.4, -0.2) is 29.0 Å². The molecule has 18 heavy (non-hydrogen) atoms. The Morgan fingerprint density at radius 1 is 1.17 bits per heavy atom. The molecule has 0 spiro atoms. The Kier molecular flexibility index (Phi) is 3.72. The van der Waals surface area contributed by atoms with Gasteiger partial charge in [0, 0.05) is 0 Å². The van der Waals surface area contributed by atoms with E-state index in [1.807, 2.05) is 29.7 Å². The molecule has 0 N–H and O–H groups in total. The van der Waals surface area contributed by atoms with Gasteiger partial charge in [0.15, 0.2) is 11.5 Å². The van der Waals surface area contributed by atoms with Crippen LogP contribution in [0.25, 0.3) is 0 Å². The second-order valence-electron chi connectivity index (χ2n) is 3.79. The quantitative estimate of drug-likeness (QED) is 0.853. The van der Waals surface area contributed by atoms with Gasteiger partial charge >= 0.3 is 0 Å². The first-order chi connectivity index (χ1) is 8.65. The van der Waals surface area contributed by atoms with Gasteiger partial charge in [-0.2, -0.15) is 0 Å². The molecule has 96 valence electrons. The molecule has 0 saturated heterocycles. The highest BCUT2D eigenvalue weighted by atomic mass is 35.5. The minimum absolute atomic E-state index is 0.377. The van der Waals surface area contributed by atoms with Crippen molar-refractivity contribution in [1.29, 1.82) is 0 Å². The number of halogens is 1. The molecule has 0 radical (unpaired) electrons. The molecule has 2 rings (SSSR count). The van der Waals surface area contributed by atoms with Crippen molar-refractivity contribution < 1.29 is 9.47 Å². The van der Waals surface area contributed by atoms with E-state index >= 15 is 0 Å². The standard InChI is InChI=1S/C12H14ClN3O2/c1-8-14-15-12(13)16(8)7-9-4-5-10(17-2)11(6-9)18-3/h4-6H,7H2,1-3H3. The lowest BCUT2D eigenvalue weighted by Crippen LogP contribution is -2.03. The van der Waals surface area contributed by atoms with Crippen LogP contribution in [0, 0.1) is 6.92 Å². The predicted octanol–water partition coefficient (Wildman–Crippen LogP) is 2.31. The number of benzene rings is 1. The third-order valence-electron chi connectivity index (χ3n) is 2.68. The van der Waals surface area contributed by atoms with E-state index in [-0.39, 0.29) is 0 Å². The number of aromatic nitrogens is 3. The molecule has 0 atom stereocenters. The molecule has 0 fully saturated rings. The van der Waals surface area contributed by atoms with Gasteiger partial charge in [0.2, 0.25) is 5.28 Å². The first-order valence-corrected chi connectivity index (χ1v) is 5.79. The van der Waals surface area contributed by atoms with Crippen LogP contribution in [0.2, 0.25) is 5.28 Å². The molecule has 6 heteroatoms. The third kappa shape index (κ3) is 2.41. The highest BCUT2D eigenvalue weighted by Crippen LogP contribution is 2.28. The van der Waals surface area contributed by atoms with Crippen LogP contribution in [-0.2, 0) is 6.54 Å². The maximum atomic E-state index is 5.96. The van der Waals surface area contributed by atoms with Crippen LogP contribution in [0.15, 0.2) is 18.2 Å². The van der Waals surface area contributed by atoms with E-state index in [2.05, 4.69) is 10.2 Å². The van der Waals surface area contributed by atoms with Crippen molar-refractivity contribution in [2.45, 2.75) is 13.5 Å². The number of rotatable bonds is 4. The lowest BCUT2D eigenvalue weighted by molar-refractivity contribution is 0.354. The Morgan fingerprint density at radius 3 is 2.44 bits per heavy atom. The highest BCUT2D eigenvalue weighted by Gasteiger charge is 2.09. The molecular formula is C12H14ClN3O2. The van der Waals surface area contributed by atoms with Crippen LogP contribution in [0.3, 0.4) is 0 Å². The van der Waals surface area contributed by atoms with Crippen LogP contribution in [0.5, 0.6) is 11.5 Å². The van der Waals surface area contributed by atoms with Crippen molar-refractivity contribution in [3.8, 4) is 11.5 Å². The second kappa shape index (κ2) is 5.27. The van der Waals surface area contributed by atoms with E-state index in [4.69, 9.17) is 21.1 Å². The normalized spacial score (nSPS) is 10.4. The molecule has 1 heterocycles. The zero-order valence-electron chi connectivity index (χ0n) is 10.5. The number of nitrogens with zero attached hydrogens (tertiary/aromatic N) is 3. The smallest absolute Gasteiger partial charge is 0.225 e. The fourth-order valence-corrected chi connectivity index (χ4v) is 1.92. The molecule has 0 unspecified atom stereocenters. The van der Waals surface area contributed by atoms with Crippen molar-refractivity contribution in [2.75, 3.05) is 14.2 Å². The molecule has 2 aromatic rings. The van der Waals surface area contributed by atoms with E-state index < -0.39 is 0 Å². The number of hydrogen-bond acceptors (Lipinski definition) is 4. The van der Waals surface area contributed by atoms with Gasteiger partial charge < -0.3 is 9.47 Å². The fourth-order valence-electron chi connectivity index (χ4n) is 1.70. The molecular weight excluding hydrogens is 254 g/mol. The molecule has 0 aliphatic heterocycles. The monoisotopic (exact) mass is 267 g/mol. The Hall–Kier alpha value is -1.75. The summed E-state index contributed by atoms with van der Waals surface area (Å²) < 4.78 is 12.3. The molecule has 0 saturated carbocycles. The summed E-state index contributed by atoms with van der Waals surface area (Å²) in [6, 6.07) is 5.73. The second-order valence-corrected chi connectivity index (χ2v) is 4.13. The highest BCUT2D eigenvalue weighted by molar-refractivity contribution is 6.28. The third-order valence-corrected chi connectivity index (χ3v) is 2.96. The summed E-state index contributed by atoms with van der Waals surface area (Å²) in [6.45, 7) is 2.46. The SMILES string of the molecule is COc1ccc(Cn2c(C)nnc2Cl)cc1OC. The molecule has 0 aliphatic carbocycles. The maximum Gasteiger partial charge on any atom is 0.225 e. The van der Waals surface area contributed by atoms with E-state index in [1.54, 1.807) is 14.2 Å². The summed E-state index contributed by atoms with van der Waals surface area (Å²) >= 11 is 5.96. The Morgan fingerprint density at radius 2 is 1.89 bits per heavy atom. The van der Waals surface area contributed by atoms with Crippen molar-refractivity contribution in [1.82, 2.24) is 14.8 Å². The van der Waals surface area contributed by atoms with Crippen LogP contribution >= 0.6 is 11.6 Å². The number of hydrogen-bond donors (Lipinski definition) is 0. The summed E-state index contributed by atoms with van der Waals surface area (Å²) in [7, 11) is 3.22. The Labute approximate surface area is 110 Å². The Balaban J connectivity index is 2.30. The fraction of sp³-hybridized carbons (Fsp3) is 0.333. The van der Waals surface area contributed by atoms with Gasteiger partial charge in [0.1, 0.15) is 5.82 Å².